The molecule has 0 fully saturated rings. The molecule has 0 aliphatic rings. The zero-order valence-corrected chi connectivity index (χ0v) is 10.7. The largest absolute Gasteiger partial charge is 0.481 e. The van der Waals surface area contributed by atoms with Crippen molar-refractivity contribution in [1.82, 2.24) is 9.38 Å². The van der Waals surface area contributed by atoms with E-state index in [0.717, 1.165) is 0 Å². The SMILES string of the molecule is O=C(O)CCSCc1nc2ccccn2c1[N+](=O)[O-]. The standard InChI is InChI=1S/C11H11N3O4S/c15-10(16)4-6-19-7-8-11(14(17)18)13-5-2-1-3-9(13)12-8/h1-3,5H,4,6-7H2,(H,15,16). The van der Waals surface area contributed by atoms with Crippen LogP contribution < -0.4 is 0 Å². The molecule has 2 aromatic rings. The van der Waals surface area contributed by atoms with Crippen molar-refractivity contribution in [3.8, 4) is 0 Å². The molecule has 0 radical (unpaired) electrons. The Kier molecular flexibility index (Phi) is 4.00. The van der Waals surface area contributed by atoms with E-state index >= 15 is 0 Å². The summed E-state index contributed by atoms with van der Waals surface area (Å²) in [5, 5.41) is 19.6. The van der Waals surface area contributed by atoms with Crippen molar-refractivity contribution < 1.29 is 14.8 Å². The van der Waals surface area contributed by atoms with Gasteiger partial charge in [-0.15, -0.1) is 0 Å². The number of aliphatic carboxylic acids is 1. The second-order valence-electron chi connectivity index (χ2n) is 3.76. The molecule has 0 bridgehead atoms. The lowest BCUT2D eigenvalue weighted by atomic mass is 10.5. The monoisotopic (exact) mass is 281 g/mol. The number of carboxylic acid groups (broad SMARTS) is 1. The van der Waals surface area contributed by atoms with Crippen LogP contribution in [0.15, 0.2) is 24.4 Å². The number of thioether (sulfide) groups is 1. The van der Waals surface area contributed by atoms with E-state index in [1.165, 1.54) is 16.2 Å². The maximum atomic E-state index is 11.1. The van der Waals surface area contributed by atoms with Crippen molar-refractivity contribution in [3.63, 3.8) is 0 Å². The Morgan fingerprint density at radius 3 is 3.00 bits per heavy atom. The summed E-state index contributed by atoms with van der Waals surface area (Å²) in [5.41, 5.74) is 0.884. The Morgan fingerprint density at radius 1 is 1.53 bits per heavy atom. The van der Waals surface area contributed by atoms with Gasteiger partial charge in [0.25, 0.3) is 0 Å². The van der Waals surface area contributed by atoms with Crippen LogP contribution in [0.3, 0.4) is 0 Å². The summed E-state index contributed by atoms with van der Waals surface area (Å²) in [6, 6.07) is 5.15. The lowest BCUT2D eigenvalue weighted by Crippen LogP contribution is -1.98. The average molecular weight is 281 g/mol. The average Bonchev–Trinajstić information content (AvgIpc) is 2.72. The Balaban J connectivity index is 2.20. The van der Waals surface area contributed by atoms with E-state index in [-0.39, 0.29) is 12.2 Å². The van der Waals surface area contributed by atoms with Gasteiger partial charge in [-0.2, -0.15) is 16.2 Å². The molecular formula is C11H11N3O4S. The summed E-state index contributed by atoms with van der Waals surface area (Å²) in [7, 11) is 0. The molecule has 7 nitrogen and oxygen atoms in total. The highest BCUT2D eigenvalue weighted by Crippen LogP contribution is 2.24. The zero-order valence-electron chi connectivity index (χ0n) is 9.85. The first-order valence-electron chi connectivity index (χ1n) is 5.49. The van der Waals surface area contributed by atoms with Crippen LogP contribution >= 0.6 is 11.8 Å². The molecule has 2 heterocycles. The third-order valence-electron chi connectivity index (χ3n) is 2.45. The molecule has 0 unspecified atom stereocenters. The van der Waals surface area contributed by atoms with Gasteiger partial charge in [0.2, 0.25) is 5.65 Å². The molecule has 0 aliphatic heterocycles. The lowest BCUT2D eigenvalue weighted by Gasteiger charge is -1.98. The lowest BCUT2D eigenvalue weighted by molar-refractivity contribution is -0.391. The van der Waals surface area contributed by atoms with Crippen molar-refractivity contribution in [3.05, 3.63) is 40.2 Å². The Morgan fingerprint density at radius 2 is 2.32 bits per heavy atom. The molecule has 0 atom stereocenters. The number of carbonyl (C=O) groups is 1. The van der Waals surface area contributed by atoms with Gasteiger partial charge in [-0.25, -0.2) is 4.98 Å². The number of aromatic nitrogens is 2. The molecular weight excluding hydrogens is 270 g/mol. The van der Waals surface area contributed by atoms with Crippen LogP contribution in [0, 0.1) is 10.1 Å². The highest BCUT2D eigenvalue weighted by atomic mass is 32.2. The summed E-state index contributed by atoms with van der Waals surface area (Å²) in [6.45, 7) is 0. The van der Waals surface area contributed by atoms with Crippen molar-refractivity contribution in [2.75, 3.05) is 5.75 Å². The predicted octanol–water partition coefficient (Wildman–Crippen LogP) is 1.95. The van der Waals surface area contributed by atoms with Crippen molar-refractivity contribution in [2.24, 2.45) is 0 Å². The van der Waals surface area contributed by atoms with Gasteiger partial charge in [-0.3, -0.25) is 4.79 Å². The summed E-state index contributed by atoms with van der Waals surface area (Å²) >= 11 is 1.32. The number of hydrogen-bond acceptors (Lipinski definition) is 5. The minimum Gasteiger partial charge on any atom is -0.481 e. The first-order valence-corrected chi connectivity index (χ1v) is 6.65. The molecule has 0 spiro atoms. The first kappa shape index (κ1) is 13.3. The number of hydrogen-bond donors (Lipinski definition) is 1. The van der Waals surface area contributed by atoms with Crippen LogP contribution in [0.1, 0.15) is 12.1 Å². The van der Waals surface area contributed by atoms with Gasteiger partial charge in [0.15, 0.2) is 0 Å². The molecule has 2 aromatic heterocycles. The van der Waals surface area contributed by atoms with E-state index in [9.17, 15) is 14.9 Å². The fraction of sp³-hybridized carbons (Fsp3) is 0.273. The van der Waals surface area contributed by atoms with Crippen molar-refractivity contribution in [1.29, 1.82) is 0 Å². The fourth-order valence-corrected chi connectivity index (χ4v) is 2.50. The summed E-state index contributed by atoms with van der Waals surface area (Å²) in [5.74, 6) is -0.207. The van der Waals surface area contributed by atoms with E-state index in [1.807, 2.05) is 0 Å². The maximum absolute atomic E-state index is 11.1. The Hall–Kier alpha value is -2.09. The molecule has 0 amide bonds. The van der Waals surface area contributed by atoms with E-state index in [0.29, 0.717) is 22.8 Å². The highest BCUT2D eigenvalue weighted by molar-refractivity contribution is 7.98. The normalized spacial score (nSPS) is 10.7. The number of imidazole rings is 1. The first-order chi connectivity index (χ1) is 9.09. The zero-order chi connectivity index (χ0) is 13.8. The van der Waals surface area contributed by atoms with Crippen molar-refractivity contribution >= 4 is 29.2 Å². The third kappa shape index (κ3) is 3.02. The number of fused-ring (bicyclic) bond motifs is 1. The molecule has 1 N–H and O–H groups in total. The maximum Gasteiger partial charge on any atom is 0.351 e. The van der Waals surface area contributed by atoms with Crippen LogP contribution in [0.5, 0.6) is 0 Å². The van der Waals surface area contributed by atoms with Gasteiger partial charge >= 0.3 is 11.8 Å². The van der Waals surface area contributed by atoms with Crippen LogP contribution in [0.4, 0.5) is 5.82 Å². The minimum absolute atomic E-state index is 0.0336. The Bertz CT molecular complexity index is 625. The number of rotatable bonds is 6. The van der Waals surface area contributed by atoms with Gasteiger partial charge in [-0.1, -0.05) is 6.07 Å². The fourth-order valence-electron chi connectivity index (χ4n) is 1.65. The summed E-state index contributed by atoms with van der Waals surface area (Å²) in [4.78, 5) is 25.2. The second kappa shape index (κ2) is 5.70. The topological polar surface area (TPSA) is 97.7 Å². The smallest absolute Gasteiger partial charge is 0.351 e. The van der Waals surface area contributed by atoms with Crippen molar-refractivity contribution in [2.45, 2.75) is 12.2 Å². The molecule has 8 heteroatoms. The molecule has 2 rings (SSSR count). The quantitative estimate of drug-likeness (QED) is 0.493. The highest BCUT2D eigenvalue weighted by Gasteiger charge is 2.21. The summed E-state index contributed by atoms with van der Waals surface area (Å²) < 4.78 is 1.42. The molecule has 19 heavy (non-hydrogen) atoms. The van der Waals surface area contributed by atoms with Crippen LogP contribution in [0.25, 0.3) is 5.65 Å². The van der Waals surface area contributed by atoms with Gasteiger partial charge in [0, 0.05) is 17.6 Å². The molecule has 0 saturated heterocycles. The van der Waals surface area contributed by atoms with Gasteiger partial charge < -0.3 is 15.2 Å². The van der Waals surface area contributed by atoms with E-state index in [1.54, 1.807) is 24.4 Å². The van der Waals surface area contributed by atoms with E-state index in [2.05, 4.69) is 4.98 Å². The van der Waals surface area contributed by atoms with Crippen LogP contribution in [0.2, 0.25) is 0 Å². The second-order valence-corrected chi connectivity index (χ2v) is 4.87. The van der Waals surface area contributed by atoms with E-state index < -0.39 is 10.9 Å². The summed E-state index contributed by atoms with van der Waals surface area (Å²) in [6.07, 6.45) is 1.62. The van der Waals surface area contributed by atoms with E-state index in [4.69, 9.17) is 5.11 Å². The Labute approximate surface area is 112 Å². The molecule has 0 aromatic carbocycles. The number of nitrogens with zero attached hydrogens (tertiary/aromatic N) is 3. The third-order valence-corrected chi connectivity index (χ3v) is 3.42. The molecule has 0 aliphatic carbocycles. The van der Waals surface area contributed by atoms with Gasteiger partial charge in [0.1, 0.15) is 5.69 Å². The number of pyridine rings is 1. The van der Waals surface area contributed by atoms with Gasteiger partial charge in [-0.05, 0) is 11.0 Å². The molecule has 0 saturated carbocycles. The van der Waals surface area contributed by atoms with Crippen LogP contribution in [-0.4, -0.2) is 31.1 Å². The minimum atomic E-state index is -0.878. The number of nitro groups is 1. The predicted molar refractivity (Wildman–Crippen MR) is 70.3 cm³/mol. The van der Waals surface area contributed by atoms with Gasteiger partial charge in [0.05, 0.1) is 12.6 Å². The molecule has 100 valence electrons. The van der Waals surface area contributed by atoms with Crippen LogP contribution in [-0.2, 0) is 10.5 Å². The number of carboxylic acids is 1.